The summed E-state index contributed by atoms with van der Waals surface area (Å²) in [6, 6.07) is 8.79. The lowest BCUT2D eigenvalue weighted by molar-refractivity contribution is -0.127. The average Bonchev–Trinajstić information content (AvgIpc) is 2.56. The van der Waals surface area contributed by atoms with E-state index in [1.807, 2.05) is 31.2 Å². The van der Waals surface area contributed by atoms with Gasteiger partial charge in [0.1, 0.15) is 11.5 Å². The molecule has 0 atom stereocenters. The number of carbonyl (C=O) groups excluding carboxylic acids is 1. The fraction of sp³-hybridized carbons (Fsp3) is 0.333. The molecule has 0 saturated carbocycles. The molecule has 0 N–H and O–H groups in total. The van der Waals surface area contributed by atoms with Crippen molar-refractivity contribution in [3.63, 3.8) is 0 Å². The number of hydrogen-bond donors (Lipinski definition) is 0. The summed E-state index contributed by atoms with van der Waals surface area (Å²) in [6.45, 7) is 4.49. The van der Waals surface area contributed by atoms with Crippen LogP contribution in [-0.4, -0.2) is 43.6 Å². The predicted octanol–water partition coefficient (Wildman–Crippen LogP) is 2.22. The first-order chi connectivity index (χ1) is 11.8. The summed E-state index contributed by atoms with van der Waals surface area (Å²) < 4.78 is 30.3. The van der Waals surface area contributed by atoms with Crippen LogP contribution in [0.15, 0.2) is 47.6 Å². The molecule has 1 amide bonds. The number of amides is 1. The molecule has 0 bridgehead atoms. The van der Waals surface area contributed by atoms with Crippen molar-refractivity contribution >= 4 is 15.7 Å². The van der Waals surface area contributed by atoms with Gasteiger partial charge in [-0.2, -0.15) is 0 Å². The van der Waals surface area contributed by atoms with Crippen LogP contribution in [0.5, 0.6) is 5.75 Å². The summed E-state index contributed by atoms with van der Waals surface area (Å²) in [5, 5.41) is 0. The topological polar surface area (TPSA) is 76.6 Å². The van der Waals surface area contributed by atoms with Gasteiger partial charge < -0.3 is 9.64 Å². The largest absolute Gasteiger partial charge is 0.494 e. The van der Waals surface area contributed by atoms with Gasteiger partial charge in [0.15, 0.2) is 9.84 Å². The first kappa shape index (κ1) is 18.9. The number of rotatable bonds is 7. The molecule has 0 spiro atoms. The Bertz CT molecular complexity index is 832. The second kappa shape index (κ2) is 8.11. The van der Waals surface area contributed by atoms with Crippen molar-refractivity contribution in [3.8, 4) is 5.75 Å². The maximum atomic E-state index is 12.4. The van der Waals surface area contributed by atoms with E-state index in [2.05, 4.69) is 4.98 Å². The second-order valence-corrected chi connectivity index (χ2v) is 7.69. The molecule has 0 aliphatic rings. The van der Waals surface area contributed by atoms with Crippen LogP contribution in [0.1, 0.15) is 18.1 Å². The third kappa shape index (κ3) is 5.03. The summed E-state index contributed by atoms with van der Waals surface area (Å²) in [5.74, 6) is -0.258. The number of carbonyl (C=O) groups is 1. The van der Waals surface area contributed by atoms with Gasteiger partial charge in [0.05, 0.1) is 11.5 Å². The van der Waals surface area contributed by atoms with Crippen molar-refractivity contribution in [3.05, 3.63) is 53.9 Å². The van der Waals surface area contributed by atoms with E-state index in [0.717, 1.165) is 11.3 Å². The van der Waals surface area contributed by atoms with Crippen molar-refractivity contribution in [2.75, 3.05) is 19.4 Å². The van der Waals surface area contributed by atoms with Gasteiger partial charge in [-0.05, 0) is 43.2 Å². The highest BCUT2D eigenvalue weighted by atomic mass is 32.2. The van der Waals surface area contributed by atoms with Gasteiger partial charge in [0.2, 0.25) is 5.91 Å². The third-order valence-electron chi connectivity index (χ3n) is 3.70. The van der Waals surface area contributed by atoms with Gasteiger partial charge in [0.25, 0.3) is 0 Å². The molecule has 1 aromatic carbocycles. The van der Waals surface area contributed by atoms with Gasteiger partial charge in [-0.25, -0.2) is 8.42 Å². The summed E-state index contributed by atoms with van der Waals surface area (Å²) >= 11 is 0. The molecule has 1 heterocycles. The Hall–Kier alpha value is -2.41. The number of benzene rings is 1. The van der Waals surface area contributed by atoms with Crippen LogP contribution in [0.25, 0.3) is 0 Å². The van der Waals surface area contributed by atoms with Crippen molar-refractivity contribution in [2.24, 2.45) is 0 Å². The van der Waals surface area contributed by atoms with Gasteiger partial charge in [0, 0.05) is 26.0 Å². The number of nitrogens with zero attached hydrogens (tertiary/aromatic N) is 2. The zero-order chi connectivity index (χ0) is 18.4. The molecule has 0 radical (unpaired) electrons. The van der Waals surface area contributed by atoms with E-state index in [0.29, 0.717) is 18.7 Å². The van der Waals surface area contributed by atoms with Crippen LogP contribution in [0.2, 0.25) is 0 Å². The Morgan fingerprint density at radius 2 is 1.88 bits per heavy atom. The normalized spacial score (nSPS) is 11.2. The summed E-state index contributed by atoms with van der Waals surface area (Å²) in [7, 11) is -2.10. The Labute approximate surface area is 148 Å². The van der Waals surface area contributed by atoms with Crippen LogP contribution in [-0.2, 0) is 21.2 Å². The molecule has 0 aliphatic carbocycles. The van der Waals surface area contributed by atoms with Crippen molar-refractivity contribution in [2.45, 2.75) is 25.3 Å². The zero-order valence-electron chi connectivity index (χ0n) is 14.6. The van der Waals surface area contributed by atoms with Gasteiger partial charge in [-0.15, -0.1) is 0 Å². The first-order valence-corrected chi connectivity index (χ1v) is 9.58. The van der Waals surface area contributed by atoms with E-state index >= 15 is 0 Å². The summed E-state index contributed by atoms with van der Waals surface area (Å²) in [4.78, 5) is 17.8. The molecule has 7 heteroatoms. The number of hydrogen-bond acceptors (Lipinski definition) is 5. The van der Waals surface area contributed by atoms with Crippen LogP contribution in [0, 0.1) is 6.92 Å². The molecule has 1 aromatic heterocycles. The highest BCUT2D eigenvalue weighted by Gasteiger charge is 2.23. The van der Waals surface area contributed by atoms with E-state index in [-0.39, 0.29) is 4.90 Å². The molecule has 2 aromatic rings. The minimum atomic E-state index is -3.69. The molecular weight excluding hydrogens is 340 g/mol. The maximum absolute atomic E-state index is 12.4. The van der Waals surface area contributed by atoms with E-state index in [9.17, 15) is 13.2 Å². The minimum Gasteiger partial charge on any atom is -0.494 e. The van der Waals surface area contributed by atoms with Crippen molar-refractivity contribution in [1.29, 1.82) is 0 Å². The standard InChI is InChI=1S/C18H22N2O4S/c1-4-24-16-7-5-15(6-8-16)12-20(3)18(21)13-25(22,23)17-9-10-19-11-14(17)2/h5-11H,4,12-13H2,1-3H3. The lowest BCUT2D eigenvalue weighted by Crippen LogP contribution is -2.32. The predicted molar refractivity (Wildman–Crippen MR) is 95.1 cm³/mol. The van der Waals surface area contributed by atoms with Crippen LogP contribution in [0.3, 0.4) is 0 Å². The molecule has 0 saturated heterocycles. The zero-order valence-corrected chi connectivity index (χ0v) is 15.4. The summed E-state index contributed by atoms with van der Waals surface area (Å²) in [5.41, 5.74) is 1.43. The van der Waals surface area contributed by atoms with Crippen molar-refractivity contribution < 1.29 is 17.9 Å². The molecule has 6 nitrogen and oxygen atoms in total. The molecular formula is C18H22N2O4S. The number of pyridine rings is 1. The minimum absolute atomic E-state index is 0.144. The Morgan fingerprint density at radius 3 is 2.48 bits per heavy atom. The highest BCUT2D eigenvalue weighted by molar-refractivity contribution is 7.92. The van der Waals surface area contributed by atoms with Crippen LogP contribution >= 0.6 is 0 Å². The smallest absolute Gasteiger partial charge is 0.238 e. The lowest BCUT2D eigenvalue weighted by atomic mass is 10.2. The van der Waals surface area contributed by atoms with E-state index in [1.54, 1.807) is 14.0 Å². The quantitative estimate of drug-likeness (QED) is 0.755. The number of aryl methyl sites for hydroxylation is 1. The van der Waals surface area contributed by atoms with Gasteiger partial charge >= 0.3 is 0 Å². The molecule has 2 rings (SSSR count). The van der Waals surface area contributed by atoms with E-state index in [1.165, 1.54) is 23.4 Å². The molecule has 134 valence electrons. The molecule has 0 fully saturated rings. The Morgan fingerprint density at radius 1 is 1.20 bits per heavy atom. The summed E-state index contributed by atoms with van der Waals surface area (Å²) in [6.07, 6.45) is 2.88. The second-order valence-electron chi connectivity index (χ2n) is 5.73. The van der Waals surface area contributed by atoms with Gasteiger partial charge in [-0.1, -0.05) is 12.1 Å². The highest BCUT2D eigenvalue weighted by Crippen LogP contribution is 2.16. The molecule has 25 heavy (non-hydrogen) atoms. The fourth-order valence-corrected chi connectivity index (χ4v) is 3.89. The molecule has 0 unspecified atom stereocenters. The maximum Gasteiger partial charge on any atom is 0.238 e. The third-order valence-corrected chi connectivity index (χ3v) is 5.45. The Balaban J connectivity index is 2.03. The monoisotopic (exact) mass is 362 g/mol. The fourth-order valence-electron chi connectivity index (χ4n) is 2.38. The Kier molecular flexibility index (Phi) is 6.14. The van der Waals surface area contributed by atoms with Crippen LogP contribution < -0.4 is 4.74 Å². The first-order valence-electron chi connectivity index (χ1n) is 7.92. The number of sulfone groups is 1. The van der Waals surface area contributed by atoms with E-state index in [4.69, 9.17) is 4.74 Å². The molecule has 0 aliphatic heterocycles. The number of aromatic nitrogens is 1. The average molecular weight is 362 g/mol. The van der Waals surface area contributed by atoms with Gasteiger partial charge in [-0.3, -0.25) is 9.78 Å². The lowest BCUT2D eigenvalue weighted by Gasteiger charge is -2.18. The van der Waals surface area contributed by atoms with Crippen molar-refractivity contribution in [1.82, 2.24) is 9.88 Å². The number of ether oxygens (including phenoxy) is 1. The van der Waals surface area contributed by atoms with E-state index < -0.39 is 21.5 Å². The van der Waals surface area contributed by atoms with Crippen LogP contribution in [0.4, 0.5) is 0 Å². The SMILES string of the molecule is CCOc1ccc(CN(C)C(=O)CS(=O)(=O)c2ccncc2C)cc1.